The van der Waals surface area contributed by atoms with E-state index in [1.807, 2.05) is 0 Å². The number of nitrogens with zero attached hydrogens (tertiary/aromatic N) is 1. The normalized spacial score (nSPS) is 20.4. The Morgan fingerprint density at radius 3 is 2.52 bits per heavy atom. The predicted octanol–water partition coefficient (Wildman–Crippen LogP) is 3.71. The maximum atomic E-state index is 12.7. The van der Waals surface area contributed by atoms with Crippen molar-refractivity contribution in [2.45, 2.75) is 56.9 Å². The van der Waals surface area contributed by atoms with Gasteiger partial charge in [-0.2, -0.15) is 0 Å². The number of amides is 1. The third-order valence-electron chi connectivity index (χ3n) is 6.25. The van der Waals surface area contributed by atoms with Gasteiger partial charge in [0.05, 0.1) is 5.39 Å². The van der Waals surface area contributed by atoms with Crippen LogP contribution in [-0.2, 0) is 0 Å². The Bertz CT molecular complexity index is 861. The summed E-state index contributed by atoms with van der Waals surface area (Å²) in [6.45, 7) is 2.88. The van der Waals surface area contributed by atoms with Gasteiger partial charge in [-0.3, -0.25) is 14.5 Å². The van der Waals surface area contributed by atoms with Crippen molar-refractivity contribution in [2.75, 3.05) is 19.6 Å². The van der Waals surface area contributed by atoms with Crippen molar-refractivity contribution in [1.82, 2.24) is 10.2 Å². The lowest BCUT2D eigenvalue weighted by molar-refractivity contribution is 0.0323. The molecule has 1 amide bonds. The fourth-order valence-corrected chi connectivity index (χ4v) is 4.73. The summed E-state index contributed by atoms with van der Waals surface area (Å²) in [7, 11) is 0. The molecule has 1 aliphatic carbocycles. The van der Waals surface area contributed by atoms with E-state index in [0.717, 1.165) is 25.9 Å². The highest BCUT2D eigenvalue weighted by Gasteiger charge is 2.38. The van der Waals surface area contributed by atoms with Crippen LogP contribution in [0.2, 0.25) is 0 Å². The van der Waals surface area contributed by atoms with Crippen LogP contribution < -0.4 is 10.7 Å². The highest BCUT2D eigenvalue weighted by Crippen LogP contribution is 2.35. The Morgan fingerprint density at radius 2 is 1.74 bits per heavy atom. The summed E-state index contributed by atoms with van der Waals surface area (Å²) < 4.78 is 5.70. The molecule has 5 heteroatoms. The van der Waals surface area contributed by atoms with Crippen molar-refractivity contribution in [3.8, 4) is 0 Å². The summed E-state index contributed by atoms with van der Waals surface area (Å²) in [4.78, 5) is 27.6. The van der Waals surface area contributed by atoms with Gasteiger partial charge in [-0.15, -0.1) is 0 Å². The summed E-state index contributed by atoms with van der Waals surface area (Å²) >= 11 is 0. The molecule has 4 rings (SSSR count). The first kappa shape index (κ1) is 18.2. The molecule has 144 valence electrons. The minimum Gasteiger partial charge on any atom is -0.451 e. The molecule has 0 radical (unpaired) electrons. The van der Waals surface area contributed by atoms with E-state index in [9.17, 15) is 9.59 Å². The predicted molar refractivity (Wildman–Crippen MR) is 106 cm³/mol. The largest absolute Gasteiger partial charge is 0.451 e. The smallest absolute Gasteiger partial charge is 0.287 e. The second kappa shape index (κ2) is 7.85. The number of benzene rings is 1. The van der Waals surface area contributed by atoms with Gasteiger partial charge in [-0.05, 0) is 50.9 Å². The average Bonchev–Trinajstić information content (AvgIpc) is 2.73. The molecule has 0 unspecified atom stereocenters. The maximum absolute atomic E-state index is 12.7. The number of likely N-dealkylation sites (tertiary alicyclic amines) is 1. The summed E-state index contributed by atoms with van der Waals surface area (Å²) in [5.74, 6) is -0.192. The van der Waals surface area contributed by atoms with Crippen LogP contribution in [-0.4, -0.2) is 36.0 Å². The number of carbonyl (C=O) groups excluding carboxylic acids is 1. The third kappa shape index (κ3) is 3.79. The molecule has 27 heavy (non-hydrogen) atoms. The van der Waals surface area contributed by atoms with Crippen molar-refractivity contribution in [1.29, 1.82) is 0 Å². The van der Waals surface area contributed by atoms with E-state index in [1.165, 1.54) is 44.6 Å². The van der Waals surface area contributed by atoms with Crippen LogP contribution in [0, 0.1) is 0 Å². The molecular formula is C22H28N2O3. The molecule has 1 saturated carbocycles. The Morgan fingerprint density at radius 1 is 1.04 bits per heavy atom. The van der Waals surface area contributed by atoms with Gasteiger partial charge in [0.2, 0.25) is 0 Å². The molecule has 1 aromatic heterocycles. The molecule has 2 aliphatic rings. The van der Waals surface area contributed by atoms with Crippen LogP contribution in [0.4, 0.5) is 0 Å². The first-order chi connectivity index (χ1) is 13.2. The molecule has 0 spiro atoms. The second-order valence-corrected chi connectivity index (χ2v) is 7.99. The fourth-order valence-electron chi connectivity index (χ4n) is 4.73. The summed E-state index contributed by atoms with van der Waals surface area (Å²) in [6.07, 6.45) is 9.79. The minimum atomic E-state index is -0.292. The van der Waals surface area contributed by atoms with E-state index in [4.69, 9.17) is 4.42 Å². The van der Waals surface area contributed by atoms with Crippen LogP contribution in [0.15, 0.2) is 39.5 Å². The second-order valence-electron chi connectivity index (χ2n) is 7.99. The lowest BCUT2D eigenvalue weighted by Gasteiger charge is -2.48. The fraction of sp³-hybridized carbons (Fsp3) is 0.545. The van der Waals surface area contributed by atoms with E-state index in [1.54, 1.807) is 24.3 Å². The highest BCUT2D eigenvalue weighted by molar-refractivity contribution is 5.93. The zero-order valence-electron chi connectivity index (χ0n) is 15.8. The van der Waals surface area contributed by atoms with Gasteiger partial charge >= 0.3 is 0 Å². The number of carbonyl (C=O) groups is 1. The average molecular weight is 368 g/mol. The van der Waals surface area contributed by atoms with Gasteiger partial charge < -0.3 is 9.73 Å². The molecular weight excluding hydrogens is 340 g/mol. The number of hydrogen-bond donors (Lipinski definition) is 1. The Labute approximate surface area is 159 Å². The van der Waals surface area contributed by atoms with E-state index in [0.29, 0.717) is 17.5 Å². The van der Waals surface area contributed by atoms with Gasteiger partial charge in [0.15, 0.2) is 11.2 Å². The molecule has 2 aromatic rings. The Balaban J connectivity index is 1.52. The molecule has 5 nitrogen and oxygen atoms in total. The van der Waals surface area contributed by atoms with E-state index in [-0.39, 0.29) is 22.6 Å². The van der Waals surface area contributed by atoms with Crippen LogP contribution in [0.3, 0.4) is 0 Å². The molecule has 2 heterocycles. The van der Waals surface area contributed by atoms with E-state index >= 15 is 0 Å². The van der Waals surface area contributed by atoms with Crippen LogP contribution in [0.1, 0.15) is 61.9 Å². The van der Waals surface area contributed by atoms with E-state index < -0.39 is 0 Å². The Hall–Kier alpha value is -2.14. The molecule has 0 atom stereocenters. The summed E-state index contributed by atoms with van der Waals surface area (Å²) in [5, 5.41) is 3.59. The first-order valence-corrected chi connectivity index (χ1v) is 10.2. The zero-order valence-corrected chi connectivity index (χ0v) is 15.8. The zero-order chi connectivity index (χ0) is 18.7. The third-order valence-corrected chi connectivity index (χ3v) is 6.25. The van der Waals surface area contributed by atoms with Crippen molar-refractivity contribution >= 4 is 16.9 Å². The van der Waals surface area contributed by atoms with Crippen molar-refractivity contribution in [3.05, 3.63) is 46.3 Å². The quantitative estimate of drug-likeness (QED) is 0.894. The van der Waals surface area contributed by atoms with Crippen molar-refractivity contribution in [3.63, 3.8) is 0 Å². The number of piperidine rings is 1. The van der Waals surface area contributed by atoms with Gasteiger partial charge in [0, 0.05) is 18.2 Å². The molecule has 0 bridgehead atoms. The van der Waals surface area contributed by atoms with Crippen LogP contribution >= 0.6 is 0 Å². The van der Waals surface area contributed by atoms with Crippen molar-refractivity contribution < 1.29 is 9.21 Å². The van der Waals surface area contributed by atoms with Crippen molar-refractivity contribution in [2.24, 2.45) is 0 Å². The summed E-state index contributed by atoms with van der Waals surface area (Å²) in [5.41, 5.74) is 0.342. The number of nitrogens with one attached hydrogen (secondary N) is 1. The molecule has 1 N–H and O–H groups in total. The molecule has 1 aliphatic heterocycles. The van der Waals surface area contributed by atoms with Gasteiger partial charge in [-0.25, -0.2) is 0 Å². The van der Waals surface area contributed by atoms with Gasteiger partial charge in [-0.1, -0.05) is 37.8 Å². The highest BCUT2D eigenvalue weighted by atomic mass is 16.3. The summed E-state index contributed by atoms with van der Waals surface area (Å²) in [6, 6.07) is 8.36. The molecule has 2 fully saturated rings. The SMILES string of the molecule is O=C(NCC1(N2CCCCC2)CCCCC1)c1cc(=O)c2ccccc2o1. The Kier molecular flexibility index (Phi) is 5.30. The standard InChI is InChI=1S/C22H28N2O3/c25-18-15-20(27-19-10-4-3-9-17(18)19)21(26)23-16-22(11-5-1-6-12-22)24-13-7-2-8-14-24/h3-4,9-10,15H,1-2,5-8,11-14,16H2,(H,23,26). The van der Waals surface area contributed by atoms with E-state index in [2.05, 4.69) is 10.2 Å². The topological polar surface area (TPSA) is 62.6 Å². The lowest BCUT2D eigenvalue weighted by Crippen LogP contribution is -2.58. The first-order valence-electron chi connectivity index (χ1n) is 10.2. The number of hydrogen-bond acceptors (Lipinski definition) is 4. The van der Waals surface area contributed by atoms with Gasteiger partial charge in [0.1, 0.15) is 5.58 Å². The maximum Gasteiger partial charge on any atom is 0.287 e. The molecule has 1 saturated heterocycles. The number of para-hydroxylation sites is 1. The van der Waals surface area contributed by atoms with Gasteiger partial charge in [0.25, 0.3) is 5.91 Å². The monoisotopic (exact) mass is 368 g/mol. The van der Waals surface area contributed by atoms with Crippen LogP contribution in [0.25, 0.3) is 11.0 Å². The van der Waals surface area contributed by atoms with Crippen LogP contribution in [0.5, 0.6) is 0 Å². The number of fused-ring (bicyclic) bond motifs is 1. The number of rotatable bonds is 4. The minimum absolute atomic E-state index is 0.0610. The molecule has 1 aromatic carbocycles. The lowest BCUT2D eigenvalue weighted by atomic mass is 9.79.